The van der Waals surface area contributed by atoms with E-state index in [9.17, 15) is 9.59 Å². The molecule has 5 nitrogen and oxygen atoms in total. The minimum absolute atomic E-state index is 0.163. The van der Waals surface area contributed by atoms with Crippen molar-refractivity contribution < 1.29 is 14.7 Å². The Bertz CT molecular complexity index is 466. The first kappa shape index (κ1) is 14.8. The van der Waals surface area contributed by atoms with E-state index in [1.165, 1.54) is 6.07 Å². The minimum Gasteiger partial charge on any atom is -0.394 e. The van der Waals surface area contributed by atoms with Gasteiger partial charge in [-0.3, -0.25) is 9.59 Å². The summed E-state index contributed by atoms with van der Waals surface area (Å²) in [7, 11) is 0. The Hall–Kier alpha value is -1.30. The molecule has 0 saturated heterocycles. The van der Waals surface area contributed by atoms with Crippen molar-refractivity contribution in [2.24, 2.45) is 0 Å². The summed E-state index contributed by atoms with van der Waals surface area (Å²) in [5.41, 5.74) is 0.251. The van der Waals surface area contributed by atoms with Crippen molar-refractivity contribution in [3.8, 4) is 0 Å². The van der Waals surface area contributed by atoms with Crippen molar-refractivity contribution in [2.75, 3.05) is 11.9 Å². The average Bonchev–Trinajstić information content (AvgIpc) is 2.34. The zero-order chi connectivity index (χ0) is 13.7. The number of halogens is 2. The van der Waals surface area contributed by atoms with E-state index in [0.29, 0.717) is 0 Å². The molecule has 0 aromatic heterocycles. The third-order valence-electron chi connectivity index (χ3n) is 2.06. The Balaban J connectivity index is 2.70. The van der Waals surface area contributed by atoms with Gasteiger partial charge in [-0.05, 0) is 19.1 Å². The van der Waals surface area contributed by atoms with Gasteiger partial charge >= 0.3 is 11.8 Å². The Morgan fingerprint density at radius 3 is 2.61 bits per heavy atom. The Labute approximate surface area is 114 Å². The highest BCUT2D eigenvalue weighted by Gasteiger charge is 2.17. The first-order valence-corrected chi connectivity index (χ1v) is 5.88. The lowest BCUT2D eigenvalue weighted by atomic mass is 10.3. The molecule has 0 aliphatic heterocycles. The number of amides is 2. The second kappa shape index (κ2) is 6.58. The van der Waals surface area contributed by atoms with Gasteiger partial charge in [0.2, 0.25) is 0 Å². The highest BCUT2D eigenvalue weighted by molar-refractivity contribution is 6.45. The van der Waals surface area contributed by atoms with Crippen LogP contribution >= 0.6 is 23.2 Å². The highest BCUT2D eigenvalue weighted by atomic mass is 35.5. The number of nitrogens with one attached hydrogen (secondary N) is 2. The molecule has 1 aromatic carbocycles. The molecular formula is C11H12Cl2N2O3. The van der Waals surface area contributed by atoms with Gasteiger partial charge in [-0.2, -0.15) is 0 Å². The van der Waals surface area contributed by atoms with Crippen molar-refractivity contribution in [1.29, 1.82) is 0 Å². The van der Waals surface area contributed by atoms with Crippen molar-refractivity contribution in [3.05, 3.63) is 28.2 Å². The Kier molecular flexibility index (Phi) is 5.40. The molecule has 18 heavy (non-hydrogen) atoms. The number of rotatable bonds is 3. The molecule has 0 saturated carbocycles. The van der Waals surface area contributed by atoms with Crippen molar-refractivity contribution >= 4 is 40.7 Å². The van der Waals surface area contributed by atoms with Crippen LogP contribution in [0.3, 0.4) is 0 Å². The Morgan fingerprint density at radius 1 is 1.33 bits per heavy atom. The fourth-order valence-corrected chi connectivity index (χ4v) is 1.46. The molecule has 2 amide bonds. The number of aliphatic hydroxyl groups is 1. The Morgan fingerprint density at radius 2 is 2.00 bits per heavy atom. The minimum atomic E-state index is -0.875. The van der Waals surface area contributed by atoms with Crippen LogP contribution in [0.5, 0.6) is 0 Å². The van der Waals surface area contributed by atoms with Crippen LogP contribution < -0.4 is 10.6 Å². The van der Waals surface area contributed by atoms with Crippen LogP contribution in [0, 0.1) is 0 Å². The number of aliphatic hydroxyl groups excluding tert-OH is 1. The quantitative estimate of drug-likeness (QED) is 0.737. The maximum Gasteiger partial charge on any atom is 0.313 e. The lowest BCUT2D eigenvalue weighted by Gasteiger charge is -2.11. The van der Waals surface area contributed by atoms with Crippen LogP contribution in [0.25, 0.3) is 0 Å². The summed E-state index contributed by atoms with van der Waals surface area (Å²) >= 11 is 11.6. The first-order valence-electron chi connectivity index (χ1n) is 5.12. The van der Waals surface area contributed by atoms with Crippen molar-refractivity contribution in [1.82, 2.24) is 5.32 Å². The van der Waals surface area contributed by atoms with Crippen LogP contribution in [0.4, 0.5) is 5.69 Å². The third-order valence-corrected chi connectivity index (χ3v) is 2.88. The third kappa shape index (κ3) is 3.87. The van der Waals surface area contributed by atoms with Crippen LogP contribution in [0.1, 0.15) is 6.92 Å². The van der Waals surface area contributed by atoms with Gasteiger partial charge in [-0.1, -0.05) is 29.3 Å². The molecule has 0 aliphatic rings. The summed E-state index contributed by atoms with van der Waals surface area (Å²) in [5.74, 6) is -1.73. The standard InChI is InChI=1S/C11H12Cl2N2O3/c1-6(5-16)14-10(17)11(18)15-8-4-2-3-7(12)9(8)13/h2-4,6,16H,5H2,1H3,(H,14,17)(H,15,18). The molecule has 1 aromatic rings. The second-order valence-corrected chi connectivity index (χ2v) is 4.40. The summed E-state index contributed by atoms with van der Waals surface area (Å²) < 4.78 is 0. The molecule has 0 bridgehead atoms. The van der Waals surface area contributed by atoms with E-state index >= 15 is 0 Å². The number of carbonyl (C=O) groups is 2. The summed E-state index contributed by atoms with van der Waals surface area (Å²) in [6, 6.07) is 4.18. The SMILES string of the molecule is CC(CO)NC(=O)C(=O)Nc1cccc(Cl)c1Cl. The van der Waals surface area contributed by atoms with E-state index in [0.717, 1.165) is 0 Å². The molecule has 7 heteroatoms. The predicted molar refractivity (Wildman–Crippen MR) is 69.8 cm³/mol. The van der Waals surface area contributed by atoms with E-state index in [-0.39, 0.29) is 22.3 Å². The molecule has 0 aliphatic carbocycles. The van der Waals surface area contributed by atoms with Gasteiger partial charge in [0.15, 0.2) is 0 Å². The molecule has 3 N–H and O–H groups in total. The zero-order valence-electron chi connectivity index (χ0n) is 9.54. The number of carbonyl (C=O) groups excluding carboxylic acids is 2. The molecule has 1 rings (SSSR count). The number of benzene rings is 1. The van der Waals surface area contributed by atoms with E-state index < -0.39 is 17.9 Å². The van der Waals surface area contributed by atoms with Gasteiger partial charge in [0, 0.05) is 6.04 Å². The monoisotopic (exact) mass is 290 g/mol. The zero-order valence-corrected chi connectivity index (χ0v) is 11.0. The van der Waals surface area contributed by atoms with Gasteiger partial charge in [-0.25, -0.2) is 0 Å². The smallest absolute Gasteiger partial charge is 0.313 e. The molecular weight excluding hydrogens is 279 g/mol. The number of anilines is 1. The van der Waals surface area contributed by atoms with E-state index in [2.05, 4.69) is 10.6 Å². The van der Waals surface area contributed by atoms with Gasteiger partial charge in [0.25, 0.3) is 0 Å². The summed E-state index contributed by atoms with van der Waals surface area (Å²) in [5, 5.41) is 13.8. The summed E-state index contributed by atoms with van der Waals surface area (Å²) in [6.07, 6.45) is 0. The van der Waals surface area contributed by atoms with Gasteiger partial charge in [0.05, 0.1) is 22.3 Å². The second-order valence-electron chi connectivity index (χ2n) is 3.61. The normalized spacial score (nSPS) is 11.8. The summed E-state index contributed by atoms with van der Waals surface area (Å²) in [6.45, 7) is 1.31. The lowest BCUT2D eigenvalue weighted by molar-refractivity contribution is -0.136. The summed E-state index contributed by atoms with van der Waals surface area (Å²) in [4.78, 5) is 22.9. The fraction of sp³-hybridized carbons (Fsp3) is 0.273. The molecule has 0 heterocycles. The van der Waals surface area contributed by atoms with Gasteiger partial charge in [-0.15, -0.1) is 0 Å². The average molecular weight is 291 g/mol. The van der Waals surface area contributed by atoms with E-state index in [1.54, 1.807) is 19.1 Å². The van der Waals surface area contributed by atoms with Gasteiger partial charge in [0.1, 0.15) is 0 Å². The topological polar surface area (TPSA) is 78.4 Å². The maximum absolute atomic E-state index is 11.5. The molecule has 1 unspecified atom stereocenters. The molecule has 1 atom stereocenters. The van der Waals surface area contributed by atoms with Crippen molar-refractivity contribution in [3.63, 3.8) is 0 Å². The molecule has 0 radical (unpaired) electrons. The van der Waals surface area contributed by atoms with Crippen LogP contribution in [-0.2, 0) is 9.59 Å². The molecule has 0 spiro atoms. The van der Waals surface area contributed by atoms with Gasteiger partial charge < -0.3 is 15.7 Å². The molecule has 98 valence electrons. The van der Waals surface area contributed by atoms with Crippen molar-refractivity contribution in [2.45, 2.75) is 13.0 Å². The highest BCUT2D eigenvalue weighted by Crippen LogP contribution is 2.29. The number of hydrogen-bond acceptors (Lipinski definition) is 3. The van der Waals surface area contributed by atoms with E-state index in [1.807, 2.05) is 0 Å². The first-order chi connectivity index (χ1) is 8.45. The predicted octanol–water partition coefficient (Wildman–Crippen LogP) is 1.43. The van der Waals surface area contributed by atoms with E-state index in [4.69, 9.17) is 28.3 Å². The number of hydrogen-bond donors (Lipinski definition) is 3. The largest absolute Gasteiger partial charge is 0.394 e. The van der Waals surface area contributed by atoms with Crippen LogP contribution in [0.15, 0.2) is 18.2 Å². The molecule has 0 fully saturated rings. The lowest BCUT2D eigenvalue weighted by Crippen LogP contribution is -2.42. The maximum atomic E-state index is 11.5. The van der Waals surface area contributed by atoms with Crippen LogP contribution in [0.2, 0.25) is 10.0 Å². The van der Waals surface area contributed by atoms with Crippen LogP contribution in [-0.4, -0.2) is 29.6 Å². The fourth-order valence-electron chi connectivity index (χ4n) is 1.11.